The molecular formula is C12H24N4. The van der Waals surface area contributed by atoms with Gasteiger partial charge in [0.25, 0.3) is 0 Å². The molecule has 0 amide bonds. The minimum Gasteiger partial charge on any atom is -0.314 e. The number of hydrogen-bond donors (Lipinski definition) is 1. The van der Waals surface area contributed by atoms with E-state index in [4.69, 9.17) is 0 Å². The van der Waals surface area contributed by atoms with E-state index in [0.717, 1.165) is 25.4 Å². The van der Waals surface area contributed by atoms with E-state index in [9.17, 15) is 0 Å². The van der Waals surface area contributed by atoms with Gasteiger partial charge in [0.05, 0.1) is 6.20 Å². The number of nitrogens with zero attached hydrogens (tertiary/aromatic N) is 3. The van der Waals surface area contributed by atoms with Crippen LogP contribution in [0.15, 0.2) is 12.4 Å². The predicted molar refractivity (Wildman–Crippen MR) is 66.2 cm³/mol. The van der Waals surface area contributed by atoms with Gasteiger partial charge in [0, 0.05) is 18.8 Å². The van der Waals surface area contributed by atoms with E-state index in [1.54, 1.807) is 6.20 Å². The van der Waals surface area contributed by atoms with Gasteiger partial charge in [-0.05, 0) is 38.6 Å². The first kappa shape index (κ1) is 13.2. The van der Waals surface area contributed by atoms with Crippen LogP contribution in [0.5, 0.6) is 0 Å². The molecule has 0 aromatic carbocycles. The summed E-state index contributed by atoms with van der Waals surface area (Å²) in [6, 6.07) is 0.623. The fourth-order valence-electron chi connectivity index (χ4n) is 1.63. The zero-order valence-corrected chi connectivity index (χ0v) is 10.7. The zero-order chi connectivity index (χ0) is 11.8. The van der Waals surface area contributed by atoms with Crippen molar-refractivity contribution in [2.24, 2.45) is 5.92 Å². The van der Waals surface area contributed by atoms with Crippen LogP contribution in [0, 0.1) is 5.92 Å². The van der Waals surface area contributed by atoms with E-state index >= 15 is 0 Å². The molecule has 4 nitrogen and oxygen atoms in total. The van der Waals surface area contributed by atoms with E-state index in [1.807, 2.05) is 10.9 Å². The molecule has 0 aliphatic rings. The van der Waals surface area contributed by atoms with E-state index in [0.29, 0.717) is 6.04 Å². The van der Waals surface area contributed by atoms with Crippen molar-refractivity contribution in [2.75, 3.05) is 6.54 Å². The first-order chi connectivity index (χ1) is 7.68. The van der Waals surface area contributed by atoms with E-state index in [1.165, 1.54) is 12.8 Å². The maximum absolute atomic E-state index is 3.93. The fraction of sp³-hybridized carbons (Fsp3) is 0.833. The van der Waals surface area contributed by atoms with Gasteiger partial charge in [0.1, 0.15) is 0 Å². The SMILES string of the molecule is CC(C)CCC(C)NCCCn1ccnn1. The summed E-state index contributed by atoms with van der Waals surface area (Å²) in [6.45, 7) is 8.82. The average molecular weight is 224 g/mol. The molecule has 1 heterocycles. The maximum atomic E-state index is 3.93. The van der Waals surface area contributed by atoms with Crippen LogP contribution in [0.4, 0.5) is 0 Å². The van der Waals surface area contributed by atoms with Crippen LogP contribution in [0.25, 0.3) is 0 Å². The predicted octanol–water partition coefficient (Wildman–Crippen LogP) is 2.08. The number of aromatic nitrogens is 3. The molecule has 0 bridgehead atoms. The Labute approximate surface area is 98.4 Å². The van der Waals surface area contributed by atoms with Crippen LogP contribution < -0.4 is 5.32 Å². The summed E-state index contributed by atoms with van der Waals surface area (Å²) in [4.78, 5) is 0. The zero-order valence-electron chi connectivity index (χ0n) is 10.7. The van der Waals surface area contributed by atoms with Gasteiger partial charge in [-0.1, -0.05) is 19.1 Å². The Bertz CT molecular complexity index is 256. The second-order valence-electron chi connectivity index (χ2n) is 4.85. The van der Waals surface area contributed by atoms with Gasteiger partial charge in [-0.15, -0.1) is 5.10 Å². The maximum Gasteiger partial charge on any atom is 0.0692 e. The van der Waals surface area contributed by atoms with E-state index in [-0.39, 0.29) is 0 Å². The minimum absolute atomic E-state index is 0.623. The van der Waals surface area contributed by atoms with Crippen LogP contribution >= 0.6 is 0 Å². The van der Waals surface area contributed by atoms with Crippen LogP contribution in [0.1, 0.15) is 40.0 Å². The third-order valence-corrected chi connectivity index (χ3v) is 2.71. The number of hydrogen-bond acceptors (Lipinski definition) is 3. The second-order valence-corrected chi connectivity index (χ2v) is 4.85. The molecule has 0 saturated carbocycles. The highest BCUT2D eigenvalue weighted by molar-refractivity contribution is 4.65. The van der Waals surface area contributed by atoms with Gasteiger partial charge in [-0.3, -0.25) is 4.68 Å². The van der Waals surface area contributed by atoms with Crippen molar-refractivity contribution in [1.29, 1.82) is 0 Å². The minimum atomic E-state index is 0.623. The third kappa shape index (κ3) is 5.85. The van der Waals surface area contributed by atoms with Gasteiger partial charge < -0.3 is 5.32 Å². The van der Waals surface area contributed by atoms with Crippen molar-refractivity contribution >= 4 is 0 Å². The smallest absolute Gasteiger partial charge is 0.0692 e. The highest BCUT2D eigenvalue weighted by Crippen LogP contribution is 2.06. The molecule has 1 atom stereocenters. The van der Waals surface area contributed by atoms with E-state index in [2.05, 4.69) is 36.4 Å². The van der Waals surface area contributed by atoms with Crippen molar-refractivity contribution in [3.05, 3.63) is 12.4 Å². The van der Waals surface area contributed by atoms with Crippen LogP contribution in [0.2, 0.25) is 0 Å². The summed E-state index contributed by atoms with van der Waals surface area (Å²) in [5.74, 6) is 0.805. The third-order valence-electron chi connectivity index (χ3n) is 2.71. The summed E-state index contributed by atoms with van der Waals surface area (Å²) < 4.78 is 1.88. The first-order valence-electron chi connectivity index (χ1n) is 6.26. The lowest BCUT2D eigenvalue weighted by Gasteiger charge is -2.14. The summed E-state index contributed by atoms with van der Waals surface area (Å²) in [7, 11) is 0. The molecule has 1 aromatic heterocycles. The molecule has 1 unspecified atom stereocenters. The molecule has 1 N–H and O–H groups in total. The molecule has 1 rings (SSSR count). The van der Waals surface area contributed by atoms with Crippen molar-refractivity contribution in [1.82, 2.24) is 20.3 Å². The fourth-order valence-corrected chi connectivity index (χ4v) is 1.63. The Morgan fingerprint density at radius 1 is 1.25 bits per heavy atom. The Balaban J connectivity index is 1.98. The van der Waals surface area contributed by atoms with Crippen LogP contribution in [-0.2, 0) is 6.54 Å². The number of nitrogens with one attached hydrogen (secondary N) is 1. The van der Waals surface area contributed by atoms with Crippen LogP contribution in [-0.4, -0.2) is 27.6 Å². The average Bonchev–Trinajstić information content (AvgIpc) is 2.74. The lowest BCUT2D eigenvalue weighted by molar-refractivity contribution is 0.436. The lowest BCUT2D eigenvalue weighted by Crippen LogP contribution is -2.28. The number of aryl methyl sites for hydroxylation is 1. The van der Waals surface area contributed by atoms with Gasteiger partial charge >= 0.3 is 0 Å². The van der Waals surface area contributed by atoms with Crippen molar-refractivity contribution in [3.8, 4) is 0 Å². The topological polar surface area (TPSA) is 42.7 Å². The van der Waals surface area contributed by atoms with Gasteiger partial charge in [0.15, 0.2) is 0 Å². The largest absolute Gasteiger partial charge is 0.314 e. The van der Waals surface area contributed by atoms with Gasteiger partial charge in [-0.2, -0.15) is 0 Å². The molecule has 0 radical (unpaired) electrons. The number of rotatable bonds is 8. The molecule has 0 saturated heterocycles. The van der Waals surface area contributed by atoms with Crippen molar-refractivity contribution < 1.29 is 0 Å². The quantitative estimate of drug-likeness (QED) is 0.687. The van der Waals surface area contributed by atoms with Gasteiger partial charge in [0.2, 0.25) is 0 Å². The first-order valence-corrected chi connectivity index (χ1v) is 6.26. The lowest BCUT2D eigenvalue weighted by atomic mass is 10.0. The molecule has 1 aromatic rings. The Morgan fingerprint density at radius 3 is 2.69 bits per heavy atom. The highest BCUT2D eigenvalue weighted by atomic mass is 15.4. The monoisotopic (exact) mass is 224 g/mol. The molecule has 0 fully saturated rings. The van der Waals surface area contributed by atoms with Gasteiger partial charge in [-0.25, -0.2) is 0 Å². The Hall–Kier alpha value is -0.900. The van der Waals surface area contributed by atoms with E-state index < -0.39 is 0 Å². The highest BCUT2D eigenvalue weighted by Gasteiger charge is 2.02. The summed E-state index contributed by atoms with van der Waals surface area (Å²) in [5, 5.41) is 11.2. The summed E-state index contributed by atoms with van der Waals surface area (Å²) >= 11 is 0. The normalized spacial score (nSPS) is 13.2. The Kier molecular flexibility index (Phi) is 6.08. The molecule has 0 aliphatic carbocycles. The molecule has 0 spiro atoms. The Morgan fingerprint density at radius 2 is 2.06 bits per heavy atom. The summed E-state index contributed by atoms with van der Waals surface area (Å²) in [6.07, 6.45) is 7.30. The second kappa shape index (κ2) is 7.39. The van der Waals surface area contributed by atoms with Crippen molar-refractivity contribution in [2.45, 2.75) is 52.6 Å². The summed E-state index contributed by atoms with van der Waals surface area (Å²) in [5.41, 5.74) is 0. The molecule has 0 aliphatic heterocycles. The molecule has 16 heavy (non-hydrogen) atoms. The molecular weight excluding hydrogens is 200 g/mol. The molecule has 4 heteroatoms. The van der Waals surface area contributed by atoms with Crippen molar-refractivity contribution in [3.63, 3.8) is 0 Å². The van der Waals surface area contributed by atoms with Crippen LogP contribution in [0.3, 0.4) is 0 Å². The molecule has 92 valence electrons. The standard InChI is InChI=1S/C12H24N4/c1-11(2)5-6-12(3)13-7-4-9-16-10-8-14-15-16/h8,10-13H,4-7,9H2,1-3H3.